The number of hydrogen-bond donors (Lipinski definition) is 2. The summed E-state index contributed by atoms with van der Waals surface area (Å²) in [7, 11) is 0. The van der Waals surface area contributed by atoms with E-state index in [2.05, 4.69) is 33.1 Å². The lowest BCUT2D eigenvalue weighted by molar-refractivity contribution is 0.242. The number of carbonyl (C=O) groups is 1. The Morgan fingerprint density at radius 1 is 1.55 bits per heavy atom. The summed E-state index contributed by atoms with van der Waals surface area (Å²) in [6.07, 6.45) is 0.947. The van der Waals surface area contributed by atoms with E-state index in [1.165, 1.54) is 0 Å². The summed E-state index contributed by atoms with van der Waals surface area (Å²) < 4.78 is 0.768. The highest BCUT2D eigenvalue weighted by atomic mass is 79.9. The summed E-state index contributed by atoms with van der Waals surface area (Å²) in [6, 6.07) is -0.146. The Kier molecular flexibility index (Phi) is 5.93. The Morgan fingerprint density at radius 2 is 2.18 bits per heavy atom. The van der Waals surface area contributed by atoms with Crippen LogP contribution in [0.5, 0.6) is 0 Å². The smallest absolute Gasteiger partial charge is 0.315 e. The summed E-state index contributed by atoms with van der Waals surface area (Å²) >= 11 is 3.13. The van der Waals surface area contributed by atoms with Gasteiger partial charge < -0.3 is 10.6 Å². The zero-order valence-electron chi connectivity index (χ0n) is 6.61. The quantitative estimate of drug-likeness (QED) is 0.743. The first-order valence-corrected chi connectivity index (χ1v) is 4.31. The molecule has 0 aromatic carbocycles. The van der Waals surface area contributed by atoms with Crippen molar-refractivity contribution in [3.63, 3.8) is 0 Å². The molecule has 0 aliphatic heterocycles. The van der Waals surface area contributed by atoms with E-state index in [-0.39, 0.29) is 6.03 Å². The molecule has 0 aromatic rings. The van der Waals surface area contributed by atoms with Crippen LogP contribution in [0.1, 0.15) is 13.3 Å². The summed E-state index contributed by atoms with van der Waals surface area (Å²) in [4.78, 5) is 10.8. The Labute approximate surface area is 75.4 Å². The van der Waals surface area contributed by atoms with E-state index in [0.29, 0.717) is 13.1 Å². The Balaban J connectivity index is 3.30. The van der Waals surface area contributed by atoms with E-state index < -0.39 is 0 Å². The van der Waals surface area contributed by atoms with Crippen LogP contribution in [0.4, 0.5) is 4.79 Å². The predicted octanol–water partition coefficient (Wildman–Crippen LogP) is 1.60. The van der Waals surface area contributed by atoms with Gasteiger partial charge in [-0.1, -0.05) is 29.4 Å². The van der Waals surface area contributed by atoms with E-state index in [1.54, 1.807) is 0 Å². The van der Waals surface area contributed by atoms with Crippen molar-refractivity contribution in [1.82, 2.24) is 10.6 Å². The van der Waals surface area contributed by atoms with E-state index in [0.717, 1.165) is 10.9 Å². The standard InChI is InChI=1S/C7H13BrN2O/c1-3-4-9-7(11)10-5-6(2)8/h2-5H2,1H3,(H2,9,10,11). The molecule has 0 saturated carbocycles. The lowest BCUT2D eigenvalue weighted by atomic mass is 10.5. The molecule has 64 valence electrons. The Hall–Kier alpha value is -0.510. The molecule has 0 radical (unpaired) electrons. The molecule has 3 nitrogen and oxygen atoms in total. The van der Waals surface area contributed by atoms with Gasteiger partial charge in [-0.05, 0) is 6.42 Å². The van der Waals surface area contributed by atoms with Crippen molar-refractivity contribution < 1.29 is 4.79 Å². The zero-order valence-corrected chi connectivity index (χ0v) is 8.20. The van der Waals surface area contributed by atoms with E-state index in [4.69, 9.17) is 0 Å². The molecule has 11 heavy (non-hydrogen) atoms. The van der Waals surface area contributed by atoms with Gasteiger partial charge in [-0.2, -0.15) is 0 Å². The van der Waals surface area contributed by atoms with Crippen LogP contribution < -0.4 is 10.6 Å². The third kappa shape index (κ3) is 7.39. The molecule has 2 amide bonds. The molecular formula is C7H13BrN2O. The number of amides is 2. The molecule has 0 heterocycles. The number of nitrogens with one attached hydrogen (secondary N) is 2. The lowest BCUT2D eigenvalue weighted by Crippen LogP contribution is -2.36. The molecular weight excluding hydrogens is 208 g/mol. The summed E-state index contributed by atoms with van der Waals surface area (Å²) in [5.74, 6) is 0. The van der Waals surface area contributed by atoms with Gasteiger partial charge in [0.1, 0.15) is 0 Å². The molecule has 0 saturated heterocycles. The number of rotatable bonds is 4. The van der Waals surface area contributed by atoms with E-state index in [1.807, 2.05) is 6.92 Å². The molecule has 0 atom stereocenters. The molecule has 0 bridgehead atoms. The van der Waals surface area contributed by atoms with Gasteiger partial charge in [-0.15, -0.1) is 0 Å². The number of halogens is 1. The van der Waals surface area contributed by atoms with Crippen molar-refractivity contribution in [3.8, 4) is 0 Å². The van der Waals surface area contributed by atoms with Gasteiger partial charge in [0.2, 0.25) is 0 Å². The average molecular weight is 221 g/mol. The van der Waals surface area contributed by atoms with Crippen molar-refractivity contribution in [2.24, 2.45) is 0 Å². The summed E-state index contributed by atoms with van der Waals surface area (Å²) in [6.45, 7) is 6.76. The molecule has 0 fully saturated rings. The van der Waals surface area contributed by atoms with Crippen LogP contribution in [0.2, 0.25) is 0 Å². The minimum atomic E-state index is -0.146. The summed E-state index contributed by atoms with van der Waals surface area (Å²) in [5.41, 5.74) is 0. The van der Waals surface area contributed by atoms with Crippen molar-refractivity contribution in [2.45, 2.75) is 13.3 Å². The topological polar surface area (TPSA) is 41.1 Å². The second-order valence-electron chi connectivity index (χ2n) is 2.13. The van der Waals surface area contributed by atoms with Crippen LogP contribution in [0.15, 0.2) is 11.1 Å². The van der Waals surface area contributed by atoms with Gasteiger partial charge >= 0.3 is 6.03 Å². The minimum Gasteiger partial charge on any atom is -0.338 e. The van der Waals surface area contributed by atoms with Crippen molar-refractivity contribution >= 4 is 22.0 Å². The van der Waals surface area contributed by atoms with Crippen LogP contribution in [0, 0.1) is 0 Å². The highest BCUT2D eigenvalue weighted by molar-refractivity contribution is 9.11. The molecule has 0 aliphatic rings. The SMILES string of the molecule is C=C(Br)CNC(=O)NCCC. The molecule has 2 N–H and O–H groups in total. The first kappa shape index (κ1) is 10.5. The molecule has 0 aliphatic carbocycles. The Bertz CT molecular complexity index is 147. The highest BCUT2D eigenvalue weighted by Gasteiger charge is 1.96. The molecule has 4 heteroatoms. The van der Waals surface area contributed by atoms with Crippen molar-refractivity contribution in [3.05, 3.63) is 11.1 Å². The monoisotopic (exact) mass is 220 g/mol. The lowest BCUT2D eigenvalue weighted by Gasteiger charge is -2.04. The number of hydrogen-bond acceptors (Lipinski definition) is 1. The zero-order chi connectivity index (χ0) is 8.69. The third-order valence-corrected chi connectivity index (χ3v) is 1.26. The fourth-order valence-electron chi connectivity index (χ4n) is 0.477. The fraction of sp³-hybridized carbons (Fsp3) is 0.571. The maximum absolute atomic E-state index is 10.8. The molecule has 0 unspecified atom stereocenters. The fourth-order valence-corrected chi connectivity index (χ4v) is 0.617. The third-order valence-electron chi connectivity index (χ3n) is 0.976. The summed E-state index contributed by atoms with van der Waals surface area (Å²) in [5, 5.41) is 5.30. The van der Waals surface area contributed by atoms with Gasteiger partial charge in [0, 0.05) is 11.0 Å². The molecule has 0 spiro atoms. The van der Waals surface area contributed by atoms with Gasteiger partial charge in [-0.25, -0.2) is 4.79 Å². The molecule has 0 aromatic heterocycles. The van der Waals surface area contributed by atoms with Crippen LogP contribution in [0.3, 0.4) is 0 Å². The van der Waals surface area contributed by atoms with Crippen molar-refractivity contribution in [1.29, 1.82) is 0 Å². The molecule has 0 rings (SSSR count). The number of urea groups is 1. The van der Waals surface area contributed by atoms with E-state index >= 15 is 0 Å². The minimum absolute atomic E-state index is 0.146. The largest absolute Gasteiger partial charge is 0.338 e. The van der Waals surface area contributed by atoms with Gasteiger partial charge in [0.25, 0.3) is 0 Å². The van der Waals surface area contributed by atoms with E-state index in [9.17, 15) is 4.79 Å². The average Bonchev–Trinajstić information content (AvgIpc) is 1.97. The Morgan fingerprint density at radius 3 is 2.64 bits per heavy atom. The first-order valence-electron chi connectivity index (χ1n) is 3.51. The van der Waals surface area contributed by atoms with Crippen molar-refractivity contribution in [2.75, 3.05) is 13.1 Å². The van der Waals surface area contributed by atoms with Gasteiger partial charge in [-0.3, -0.25) is 0 Å². The van der Waals surface area contributed by atoms with Crippen LogP contribution >= 0.6 is 15.9 Å². The van der Waals surface area contributed by atoms with Crippen LogP contribution in [0.25, 0.3) is 0 Å². The van der Waals surface area contributed by atoms with Gasteiger partial charge in [0.15, 0.2) is 0 Å². The predicted molar refractivity (Wildman–Crippen MR) is 49.8 cm³/mol. The van der Waals surface area contributed by atoms with Crippen LogP contribution in [-0.2, 0) is 0 Å². The number of carbonyl (C=O) groups excluding carboxylic acids is 1. The second kappa shape index (κ2) is 6.22. The second-order valence-corrected chi connectivity index (χ2v) is 3.25. The maximum Gasteiger partial charge on any atom is 0.315 e. The highest BCUT2D eigenvalue weighted by Crippen LogP contribution is 1.95. The van der Waals surface area contributed by atoms with Crippen LogP contribution in [-0.4, -0.2) is 19.1 Å². The first-order chi connectivity index (χ1) is 5.16. The maximum atomic E-state index is 10.8. The van der Waals surface area contributed by atoms with Gasteiger partial charge in [0.05, 0.1) is 6.54 Å². The normalized spacial score (nSPS) is 8.91.